The zero-order chi connectivity index (χ0) is 21.9. The molecule has 160 valence electrons. The van der Waals surface area contributed by atoms with Gasteiger partial charge in [0, 0.05) is 18.3 Å². The first-order valence-electron chi connectivity index (χ1n) is 9.95. The summed E-state index contributed by atoms with van der Waals surface area (Å²) in [6.07, 6.45) is 1.04. The van der Waals surface area contributed by atoms with Crippen molar-refractivity contribution < 1.29 is 23.9 Å². The van der Waals surface area contributed by atoms with Crippen LogP contribution in [-0.4, -0.2) is 44.1 Å². The summed E-state index contributed by atoms with van der Waals surface area (Å²) in [6.45, 7) is 3.88. The number of carbonyl (C=O) groups excluding carboxylic acids is 3. The monoisotopic (exact) mass is 412 g/mol. The second kappa shape index (κ2) is 11.6. The maximum atomic E-state index is 12.4. The second-order valence-corrected chi connectivity index (χ2v) is 6.77. The molecule has 0 aliphatic heterocycles. The van der Waals surface area contributed by atoms with E-state index in [0.717, 1.165) is 12.8 Å². The van der Waals surface area contributed by atoms with Gasteiger partial charge in [-0.1, -0.05) is 31.5 Å². The van der Waals surface area contributed by atoms with Crippen LogP contribution in [0.15, 0.2) is 54.6 Å². The predicted octanol–water partition coefficient (Wildman–Crippen LogP) is 3.19. The third-order valence-electron chi connectivity index (χ3n) is 4.41. The summed E-state index contributed by atoms with van der Waals surface area (Å²) >= 11 is 0. The lowest BCUT2D eigenvalue weighted by Gasteiger charge is -2.21. The van der Waals surface area contributed by atoms with Crippen LogP contribution in [-0.2, 0) is 14.3 Å². The molecule has 1 N–H and O–H groups in total. The summed E-state index contributed by atoms with van der Waals surface area (Å²) in [6, 6.07) is 15.7. The lowest BCUT2D eigenvalue weighted by Crippen LogP contribution is -2.39. The van der Waals surface area contributed by atoms with Gasteiger partial charge in [0.2, 0.25) is 0 Å². The molecule has 2 aromatic carbocycles. The van der Waals surface area contributed by atoms with Gasteiger partial charge in [-0.2, -0.15) is 0 Å². The number of amides is 2. The van der Waals surface area contributed by atoms with Crippen molar-refractivity contribution in [1.29, 1.82) is 0 Å². The molecule has 0 bridgehead atoms. The summed E-state index contributed by atoms with van der Waals surface area (Å²) in [5.74, 6) is -0.772. The van der Waals surface area contributed by atoms with Gasteiger partial charge in [-0.15, -0.1) is 0 Å². The molecule has 1 atom stereocenters. The van der Waals surface area contributed by atoms with Crippen LogP contribution in [0.2, 0.25) is 0 Å². The average Bonchev–Trinajstić information content (AvgIpc) is 2.77. The fourth-order valence-electron chi connectivity index (χ4n) is 2.63. The van der Waals surface area contributed by atoms with Gasteiger partial charge in [-0.05, 0) is 49.7 Å². The molecule has 0 spiro atoms. The standard InChI is InChI=1S/C23H28N2O5/c1-4-5-15-29-20-13-11-18(12-14-20)22(27)24-16-21(26)30-17(2)23(28)25(3)19-9-7-6-8-10-19/h6-14,17H,4-5,15-16H2,1-3H3,(H,24,27). The second-order valence-electron chi connectivity index (χ2n) is 6.77. The number of benzene rings is 2. The molecule has 1 unspecified atom stereocenters. The first-order valence-corrected chi connectivity index (χ1v) is 9.95. The van der Waals surface area contributed by atoms with Crippen LogP contribution in [0, 0.1) is 0 Å². The first-order chi connectivity index (χ1) is 14.4. The van der Waals surface area contributed by atoms with Crippen molar-refractivity contribution in [2.45, 2.75) is 32.8 Å². The molecule has 0 aromatic heterocycles. The molecule has 0 aliphatic rings. The number of esters is 1. The number of para-hydroxylation sites is 1. The van der Waals surface area contributed by atoms with Crippen LogP contribution in [0.4, 0.5) is 5.69 Å². The third kappa shape index (κ3) is 6.92. The molecular formula is C23H28N2O5. The average molecular weight is 412 g/mol. The van der Waals surface area contributed by atoms with Gasteiger partial charge in [-0.25, -0.2) is 0 Å². The Hall–Kier alpha value is -3.35. The first kappa shape index (κ1) is 22.9. The van der Waals surface area contributed by atoms with E-state index >= 15 is 0 Å². The third-order valence-corrected chi connectivity index (χ3v) is 4.41. The van der Waals surface area contributed by atoms with Crippen LogP contribution in [0.3, 0.4) is 0 Å². The number of nitrogens with zero attached hydrogens (tertiary/aromatic N) is 1. The van der Waals surface area contributed by atoms with Gasteiger partial charge < -0.3 is 19.7 Å². The molecule has 0 heterocycles. The van der Waals surface area contributed by atoms with E-state index in [9.17, 15) is 14.4 Å². The number of carbonyl (C=O) groups is 3. The number of anilines is 1. The van der Waals surface area contributed by atoms with E-state index in [-0.39, 0.29) is 12.5 Å². The number of hydrogen-bond acceptors (Lipinski definition) is 5. The lowest BCUT2D eigenvalue weighted by molar-refractivity contribution is -0.152. The molecule has 0 fully saturated rings. The Morgan fingerprint density at radius 2 is 1.70 bits per heavy atom. The summed E-state index contributed by atoms with van der Waals surface area (Å²) in [7, 11) is 1.61. The summed E-state index contributed by atoms with van der Waals surface area (Å²) in [5, 5.41) is 2.50. The van der Waals surface area contributed by atoms with Crippen molar-refractivity contribution in [2.24, 2.45) is 0 Å². The molecule has 2 rings (SSSR count). The van der Waals surface area contributed by atoms with Crippen molar-refractivity contribution in [3.63, 3.8) is 0 Å². The summed E-state index contributed by atoms with van der Waals surface area (Å²) in [4.78, 5) is 38.1. The van der Waals surface area contributed by atoms with Crippen LogP contribution < -0.4 is 15.0 Å². The van der Waals surface area contributed by atoms with Gasteiger partial charge in [-0.3, -0.25) is 14.4 Å². The Morgan fingerprint density at radius 3 is 2.33 bits per heavy atom. The normalized spacial score (nSPS) is 11.3. The quantitative estimate of drug-likeness (QED) is 0.479. The van der Waals surface area contributed by atoms with Crippen LogP contribution in [0.25, 0.3) is 0 Å². The van der Waals surface area contributed by atoms with E-state index in [4.69, 9.17) is 9.47 Å². The highest BCUT2D eigenvalue weighted by Crippen LogP contribution is 2.14. The minimum absolute atomic E-state index is 0.333. The zero-order valence-corrected chi connectivity index (χ0v) is 17.6. The minimum atomic E-state index is -0.973. The Labute approximate surface area is 177 Å². The van der Waals surface area contributed by atoms with E-state index in [1.165, 1.54) is 11.8 Å². The topological polar surface area (TPSA) is 84.9 Å². The SMILES string of the molecule is CCCCOc1ccc(C(=O)NCC(=O)OC(C)C(=O)N(C)c2ccccc2)cc1. The summed E-state index contributed by atoms with van der Waals surface area (Å²) in [5.41, 5.74) is 1.10. The highest BCUT2D eigenvalue weighted by Gasteiger charge is 2.22. The van der Waals surface area contributed by atoms with Crippen molar-refractivity contribution in [2.75, 3.05) is 25.1 Å². The Bertz CT molecular complexity index is 836. The molecule has 0 aliphatic carbocycles. The molecule has 2 amide bonds. The van der Waals surface area contributed by atoms with E-state index in [1.54, 1.807) is 43.4 Å². The Kier molecular flexibility index (Phi) is 8.87. The largest absolute Gasteiger partial charge is 0.494 e. The number of nitrogens with one attached hydrogen (secondary N) is 1. The van der Waals surface area contributed by atoms with Gasteiger partial charge in [0.05, 0.1) is 6.61 Å². The molecule has 7 heteroatoms. The Morgan fingerprint density at radius 1 is 1.03 bits per heavy atom. The smallest absolute Gasteiger partial charge is 0.326 e. The predicted molar refractivity (Wildman–Crippen MR) is 115 cm³/mol. The lowest BCUT2D eigenvalue weighted by atomic mass is 10.2. The molecule has 2 aromatic rings. The summed E-state index contributed by atoms with van der Waals surface area (Å²) < 4.78 is 10.7. The van der Waals surface area contributed by atoms with Crippen molar-refractivity contribution in [3.8, 4) is 5.75 Å². The van der Waals surface area contributed by atoms with Gasteiger partial charge in [0.15, 0.2) is 6.10 Å². The Balaban J connectivity index is 1.79. The fraction of sp³-hybridized carbons (Fsp3) is 0.348. The molecule has 0 saturated heterocycles. The van der Waals surface area contributed by atoms with Gasteiger partial charge in [0.1, 0.15) is 12.3 Å². The number of likely N-dealkylation sites (N-methyl/N-ethyl adjacent to an activating group) is 1. The maximum Gasteiger partial charge on any atom is 0.326 e. The van der Waals surface area contributed by atoms with Gasteiger partial charge >= 0.3 is 5.97 Å². The van der Waals surface area contributed by atoms with Gasteiger partial charge in [0.25, 0.3) is 11.8 Å². The molecule has 7 nitrogen and oxygen atoms in total. The van der Waals surface area contributed by atoms with E-state index in [1.807, 2.05) is 18.2 Å². The molecule has 0 saturated carbocycles. The van der Waals surface area contributed by atoms with Crippen LogP contribution >= 0.6 is 0 Å². The van der Waals surface area contributed by atoms with Crippen molar-refractivity contribution in [1.82, 2.24) is 5.32 Å². The van der Waals surface area contributed by atoms with E-state index in [2.05, 4.69) is 12.2 Å². The molecule has 30 heavy (non-hydrogen) atoms. The highest BCUT2D eigenvalue weighted by atomic mass is 16.5. The maximum absolute atomic E-state index is 12.4. The zero-order valence-electron chi connectivity index (χ0n) is 17.6. The molecule has 0 radical (unpaired) electrons. The van der Waals surface area contributed by atoms with E-state index in [0.29, 0.717) is 23.6 Å². The number of unbranched alkanes of at least 4 members (excludes halogenated alkanes) is 1. The van der Waals surface area contributed by atoms with Crippen LogP contribution in [0.1, 0.15) is 37.0 Å². The van der Waals surface area contributed by atoms with E-state index < -0.39 is 18.0 Å². The number of rotatable bonds is 10. The highest BCUT2D eigenvalue weighted by molar-refractivity contribution is 5.98. The van der Waals surface area contributed by atoms with Crippen LogP contribution in [0.5, 0.6) is 5.75 Å². The van der Waals surface area contributed by atoms with Crippen molar-refractivity contribution in [3.05, 3.63) is 60.2 Å². The van der Waals surface area contributed by atoms with Crippen molar-refractivity contribution >= 4 is 23.5 Å². The molecular weight excluding hydrogens is 384 g/mol. The minimum Gasteiger partial charge on any atom is -0.494 e. The number of ether oxygens (including phenoxy) is 2. The fourth-order valence-corrected chi connectivity index (χ4v) is 2.63. The number of hydrogen-bond donors (Lipinski definition) is 1.